The quantitative estimate of drug-likeness (QED) is 0.559. The Bertz CT molecular complexity index is 402. The number of ether oxygens (including phenoxy) is 3. The Morgan fingerprint density at radius 1 is 1.11 bits per heavy atom. The highest BCUT2D eigenvalue weighted by atomic mass is 28.1. The van der Waals surface area contributed by atoms with Gasteiger partial charge in [-0.3, -0.25) is 0 Å². The third kappa shape index (κ3) is 4.11. The zero-order valence-corrected chi connectivity index (χ0v) is 12.2. The molecule has 0 aromatic heterocycles. The van der Waals surface area contributed by atoms with Gasteiger partial charge in [-0.1, -0.05) is 12.1 Å². The SMILES string of the molecule is CCOC([Si])=Cc1cccc(OCC)c1OCC. The van der Waals surface area contributed by atoms with Gasteiger partial charge >= 0.3 is 0 Å². The van der Waals surface area contributed by atoms with Crippen LogP contribution >= 0.6 is 0 Å². The van der Waals surface area contributed by atoms with Gasteiger partial charge in [-0.25, -0.2) is 0 Å². The summed E-state index contributed by atoms with van der Waals surface area (Å²) in [5, 5.41) is 0.673. The van der Waals surface area contributed by atoms with Crippen molar-refractivity contribution in [2.75, 3.05) is 19.8 Å². The summed E-state index contributed by atoms with van der Waals surface area (Å²) in [4.78, 5) is 0. The minimum Gasteiger partial charge on any atom is -0.504 e. The molecule has 1 rings (SSSR count). The van der Waals surface area contributed by atoms with Crippen LogP contribution in [-0.4, -0.2) is 30.1 Å². The Hall–Kier alpha value is -1.42. The fourth-order valence-corrected chi connectivity index (χ4v) is 1.85. The predicted octanol–water partition coefficient (Wildman–Crippen LogP) is 2.99. The molecule has 4 heteroatoms. The minimum atomic E-state index is 0.594. The van der Waals surface area contributed by atoms with E-state index in [1.807, 2.05) is 45.0 Å². The van der Waals surface area contributed by atoms with Crippen molar-refractivity contribution in [2.45, 2.75) is 20.8 Å². The highest BCUT2D eigenvalue weighted by Crippen LogP contribution is 2.32. The fourth-order valence-electron chi connectivity index (χ4n) is 1.55. The van der Waals surface area contributed by atoms with Crippen LogP contribution in [-0.2, 0) is 4.74 Å². The number of para-hydroxylation sites is 1. The lowest BCUT2D eigenvalue weighted by molar-refractivity contribution is 0.257. The van der Waals surface area contributed by atoms with Crippen molar-refractivity contribution in [2.24, 2.45) is 0 Å². The molecule has 0 bridgehead atoms. The summed E-state index contributed by atoms with van der Waals surface area (Å²) in [6.45, 7) is 7.66. The van der Waals surface area contributed by atoms with E-state index in [0.29, 0.717) is 25.2 Å². The summed E-state index contributed by atoms with van der Waals surface area (Å²) in [5.41, 5.74) is 0.932. The first-order valence-electron chi connectivity index (χ1n) is 6.17. The molecule has 0 fully saturated rings. The first-order chi connectivity index (χ1) is 8.72. The highest BCUT2D eigenvalue weighted by Gasteiger charge is 2.09. The van der Waals surface area contributed by atoms with E-state index in [1.165, 1.54) is 0 Å². The maximum absolute atomic E-state index is 5.65. The Morgan fingerprint density at radius 2 is 1.83 bits per heavy atom. The Kier molecular flexibility index (Phi) is 6.36. The van der Waals surface area contributed by atoms with Crippen molar-refractivity contribution < 1.29 is 14.2 Å². The van der Waals surface area contributed by atoms with E-state index in [2.05, 4.69) is 10.2 Å². The lowest BCUT2D eigenvalue weighted by Crippen LogP contribution is -2.00. The van der Waals surface area contributed by atoms with Gasteiger partial charge in [0.2, 0.25) is 0 Å². The van der Waals surface area contributed by atoms with E-state index < -0.39 is 0 Å². The maximum atomic E-state index is 5.65. The average Bonchev–Trinajstić information content (AvgIpc) is 2.34. The van der Waals surface area contributed by atoms with Gasteiger partial charge in [0, 0.05) is 5.56 Å². The van der Waals surface area contributed by atoms with Crippen LogP contribution in [0.25, 0.3) is 6.08 Å². The molecule has 0 heterocycles. The average molecular weight is 263 g/mol. The van der Waals surface area contributed by atoms with Crippen molar-refractivity contribution in [3.8, 4) is 11.5 Å². The summed E-state index contributed by atoms with van der Waals surface area (Å²) in [7, 11) is 3.42. The molecule has 0 unspecified atom stereocenters. The molecular weight excluding hydrogens is 244 g/mol. The summed E-state index contributed by atoms with van der Waals surface area (Å²) in [5.74, 6) is 1.50. The number of hydrogen-bond acceptors (Lipinski definition) is 3. The normalized spacial score (nSPS) is 11.2. The molecule has 0 aliphatic rings. The number of hydrogen-bond donors (Lipinski definition) is 0. The van der Waals surface area contributed by atoms with E-state index in [0.717, 1.165) is 17.1 Å². The van der Waals surface area contributed by atoms with E-state index in [-0.39, 0.29) is 0 Å². The predicted molar refractivity (Wildman–Crippen MR) is 74.1 cm³/mol. The van der Waals surface area contributed by atoms with Gasteiger partial charge in [0.25, 0.3) is 0 Å². The fraction of sp³-hybridized carbons (Fsp3) is 0.429. The molecule has 0 aliphatic carbocycles. The van der Waals surface area contributed by atoms with Crippen LogP contribution < -0.4 is 9.47 Å². The second kappa shape index (κ2) is 7.82. The Balaban J connectivity index is 3.09. The molecule has 3 radical (unpaired) electrons. The third-order valence-electron chi connectivity index (χ3n) is 2.18. The minimum absolute atomic E-state index is 0.594. The Morgan fingerprint density at radius 3 is 2.44 bits per heavy atom. The Labute approximate surface area is 112 Å². The molecule has 0 spiro atoms. The van der Waals surface area contributed by atoms with Gasteiger partial charge in [0.1, 0.15) is 10.2 Å². The van der Waals surface area contributed by atoms with E-state index >= 15 is 0 Å². The molecule has 0 saturated carbocycles. The molecule has 0 atom stereocenters. The van der Waals surface area contributed by atoms with Crippen molar-refractivity contribution >= 4 is 16.3 Å². The van der Waals surface area contributed by atoms with Crippen molar-refractivity contribution in [3.05, 3.63) is 29.1 Å². The molecule has 3 nitrogen and oxygen atoms in total. The summed E-state index contributed by atoms with van der Waals surface area (Å²) >= 11 is 0. The highest BCUT2D eigenvalue weighted by molar-refractivity contribution is 6.22. The lowest BCUT2D eigenvalue weighted by atomic mass is 10.2. The van der Waals surface area contributed by atoms with Crippen molar-refractivity contribution in [1.82, 2.24) is 0 Å². The van der Waals surface area contributed by atoms with Crippen LogP contribution in [0.2, 0.25) is 0 Å². The van der Waals surface area contributed by atoms with Gasteiger partial charge in [-0.05, 0) is 32.9 Å². The van der Waals surface area contributed by atoms with Crippen LogP contribution in [0.4, 0.5) is 0 Å². The first-order valence-corrected chi connectivity index (χ1v) is 6.67. The van der Waals surface area contributed by atoms with Gasteiger partial charge in [0.15, 0.2) is 11.5 Å². The molecule has 1 aromatic carbocycles. The van der Waals surface area contributed by atoms with E-state index in [9.17, 15) is 0 Å². The van der Waals surface area contributed by atoms with Gasteiger partial charge < -0.3 is 14.2 Å². The maximum Gasteiger partial charge on any atom is 0.168 e. The number of rotatable bonds is 7. The van der Waals surface area contributed by atoms with Gasteiger partial charge in [-0.15, -0.1) is 0 Å². The second-order valence-electron chi connectivity index (χ2n) is 3.48. The second-order valence-corrected chi connectivity index (χ2v) is 3.97. The van der Waals surface area contributed by atoms with Crippen LogP contribution in [0.3, 0.4) is 0 Å². The topological polar surface area (TPSA) is 27.7 Å². The van der Waals surface area contributed by atoms with Crippen LogP contribution in [0.5, 0.6) is 11.5 Å². The summed E-state index contributed by atoms with van der Waals surface area (Å²) < 4.78 is 16.6. The molecule has 0 aliphatic heterocycles. The summed E-state index contributed by atoms with van der Waals surface area (Å²) in [6, 6.07) is 5.80. The lowest BCUT2D eigenvalue weighted by Gasteiger charge is -2.13. The molecule has 0 saturated heterocycles. The summed E-state index contributed by atoms with van der Waals surface area (Å²) in [6.07, 6.45) is 1.88. The van der Waals surface area contributed by atoms with Gasteiger partial charge in [-0.2, -0.15) is 0 Å². The van der Waals surface area contributed by atoms with Crippen molar-refractivity contribution in [3.63, 3.8) is 0 Å². The smallest absolute Gasteiger partial charge is 0.168 e. The van der Waals surface area contributed by atoms with Gasteiger partial charge in [0.05, 0.1) is 25.2 Å². The monoisotopic (exact) mass is 263 g/mol. The third-order valence-corrected chi connectivity index (χ3v) is 2.47. The molecule has 1 aromatic rings. The molecule has 18 heavy (non-hydrogen) atoms. The zero-order valence-electron chi connectivity index (χ0n) is 11.2. The first kappa shape index (κ1) is 14.6. The van der Waals surface area contributed by atoms with Crippen LogP contribution in [0.1, 0.15) is 26.3 Å². The van der Waals surface area contributed by atoms with E-state index in [1.54, 1.807) is 0 Å². The van der Waals surface area contributed by atoms with Crippen LogP contribution in [0.15, 0.2) is 23.6 Å². The standard InChI is InChI=1S/C14H19O3Si/c1-4-15-12-9-7-8-11(14(12)17-6-3)10-13(18)16-5-2/h7-10H,4-6H2,1-3H3. The van der Waals surface area contributed by atoms with Crippen molar-refractivity contribution in [1.29, 1.82) is 0 Å². The zero-order chi connectivity index (χ0) is 13.4. The molecule has 97 valence electrons. The molecular formula is C14H19O3Si. The largest absolute Gasteiger partial charge is 0.504 e. The van der Waals surface area contributed by atoms with E-state index in [4.69, 9.17) is 14.2 Å². The molecule has 0 N–H and O–H groups in total. The number of benzene rings is 1. The van der Waals surface area contributed by atoms with Crippen LogP contribution in [0, 0.1) is 0 Å². The molecule has 0 amide bonds.